The molecule has 1 fully saturated rings. The van der Waals surface area contributed by atoms with Gasteiger partial charge in [-0.2, -0.15) is 5.10 Å². The highest BCUT2D eigenvalue weighted by Gasteiger charge is 2.24. The first-order chi connectivity index (χ1) is 12.2. The summed E-state index contributed by atoms with van der Waals surface area (Å²) in [5.74, 6) is 0. The summed E-state index contributed by atoms with van der Waals surface area (Å²) < 4.78 is 7.72. The Morgan fingerprint density at radius 2 is 2.20 bits per heavy atom. The molecule has 0 bridgehead atoms. The highest BCUT2D eigenvalue weighted by atomic mass is 16.5. The average Bonchev–Trinajstić information content (AvgIpc) is 3.05. The number of amides is 2. The number of morpholine rings is 1. The van der Waals surface area contributed by atoms with Crippen molar-refractivity contribution in [2.24, 2.45) is 0 Å². The molecule has 2 aromatic rings. The molecular weight excluding hydrogens is 316 g/mol. The van der Waals surface area contributed by atoms with E-state index in [1.165, 1.54) is 5.56 Å². The summed E-state index contributed by atoms with van der Waals surface area (Å²) >= 11 is 0. The Bertz CT molecular complexity index is 671. The van der Waals surface area contributed by atoms with Crippen LogP contribution in [0.25, 0.3) is 0 Å². The summed E-state index contributed by atoms with van der Waals surface area (Å²) in [6, 6.07) is 10.3. The summed E-state index contributed by atoms with van der Waals surface area (Å²) in [5.41, 5.74) is 2.39. The molecule has 25 heavy (non-hydrogen) atoms. The van der Waals surface area contributed by atoms with Crippen molar-refractivity contribution in [2.75, 3.05) is 26.2 Å². The van der Waals surface area contributed by atoms with Crippen LogP contribution in [-0.4, -0.2) is 53.1 Å². The number of rotatable bonds is 6. The van der Waals surface area contributed by atoms with Crippen LogP contribution in [0.2, 0.25) is 0 Å². The van der Waals surface area contributed by atoms with Gasteiger partial charge in [-0.15, -0.1) is 0 Å². The third-order valence-electron chi connectivity index (χ3n) is 4.33. The van der Waals surface area contributed by atoms with Crippen LogP contribution in [0.5, 0.6) is 0 Å². The van der Waals surface area contributed by atoms with Crippen LogP contribution in [0, 0.1) is 6.92 Å². The second-order valence-corrected chi connectivity index (χ2v) is 6.49. The first kappa shape index (κ1) is 17.5. The molecule has 1 saturated heterocycles. The number of aryl methyl sites for hydroxylation is 2. The maximum absolute atomic E-state index is 12.3. The molecule has 1 aromatic heterocycles. The number of ether oxygens (including phenoxy) is 1. The van der Waals surface area contributed by atoms with E-state index in [1.54, 1.807) is 0 Å². The first-order valence-electron chi connectivity index (χ1n) is 8.88. The lowest BCUT2D eigenvalue weighted by Gasteiger charge is -2.33. The Labute approximate surface area is 148 Å². The summed E-state index contributed by atoms with van der Waals surface area (Å²) in [4.78, 5) is 14.2. The van der Waals surface area contributed by atoms with Crippen LogP contribution >= 0.6 is 0 Å². The summed E-state index contributed by atoms with van der Waals surface area (Å²) in [6.07, 6.45) is 5.62. The van der Waals surface area contributed by atoms with Crippen LogP contribution in [0.15, 0.2) is 42.7 Å². The fourth-order valence-corrected chi connectivity index (χ4v) is 3.04. The molecule has 0 saturated carbocycles. The van der Waals surface area contributed by atoms with Crippen LogP contribution < -0.4 is 5.32 Å². The number of carbonyl (C=O) groups is 1. The summed E-state index contributed by atoms with van der Waals surface area (Å²) in [6.45, 7) is 5.37. The zero-order valence-electron chi connectivity index (χ0n) is 14.7. The fraction of sp³-hybridized carbons (Fsp3) is 0.474. The smallest absolute Gasteiger partial charge is 0.317 e. The van der Waals surface area contributed by atoms with Crippen molar-refractivity contribution in [3.63, 3.8) is 0 Å². The Morgan fingerprint density at radius 1 is 1.36 bits per heavy atom. The minimum absolute atomic E-state index is 0.00184. The molecular formula is C19H26N4O2. The maximum atomic E-state index is 12.3. The van der Waals surface area contributed by atoms with Gasteiger partial charge in [-0.1, -0.05) is 30.3 Å². The molecule has 0 unspecified atom stereocenters. The molecule has 1 atom stereocenters. The van der Waals surface area contributed by atoms with Gasteiger partial charge in [-0.25, -0.2) is 4.79 Å². The lowest BCUT2D eigenvalue weighted by atomic mass is 10.1. The number of hydrogen-bond donors (Lipinski definition) is 1. The van der Waals surface area contributed by atoms with Crippen LogP contribution in [0.4, 0.5) is 4.79 Å². The Morgan fingerprint density at radius 3 is 2.96 bits per heavy atom. The van der Waals surface area contributed by atoms with Gasteiger partial charge < -0.3 is 15.0 Å². The number of nitrogens with one attached hydrogen (secondary N) is 1. The highest BCUT2D eigenvalue weighted by molar-refractivity contribution is 5.74. The first-order valence-corrected chi connectivity index (χ1v) is 8.88. The molecule has 1 N–H and O–H groups in total. The molecule has 0 aliphatic carbocycles. The molecule has 1 aliphatic heterocycles. The molecule has 3 rings (SSSR count). The van der Waals surface area contributed by atoms with Crippen molar-refractivity contribution >= 4 is 6.03 Å². The van der Waals surface area contributed by atoms with E-state index in [0.29, 0.717) is 26.2 Å². The molecule has 0 spiro atoms. The van der Waals surface area contributed by atoms with Gasteiger partial charge in [0.25, 0.3) is 0 Å². The highest BCUT2D eigenvalue weighted by Crippen LogP contribution is 2.11. The van der Waals surface area contributed by atoms with Gasteiger partial charge >= 0.3 is 6.03 Å². The van der Waals surface area contributed by atoms with Gasteiger partial charge in [0.05, 0.1) is 18.9 Å². The lowest BCUT2D eigenvalue weighted by molar-refractivity contribution is -0.0132. The number of benzene rings is 1. The average molecular weight is 342 g/mol. The predicted octanol–water partition coefficient (Wildman–Crippen LogP) is 2.23. The van der Waals surface area contributed by atoms with E-state index in [4.69, 9.17) is 4.74 Å². The van der Waals surface area contributed by atoms with E-state index < -0.39 is 0 Å². The van der Waals surface area contributed by atoms with Gasteiger partial charge in [0.1, 0.15) is 0 Å². The van der Waals surface area contributed by atoms with Crippen LogP contribution in [0.1, 0.15) is 17.5 Å². The Hall–Kier alpha value is -2.34. The zero-order valence-corrected chi connectivity index (χ0v) is 14.7. The second kappa shape index (κ2) is 8.67. The molecule has 134 valence electrons. The standard InChI is InChI=1S/C19H26N4O2/c1-16-13-21-23(14-16)9-5-8-20-19(24)22-10-11-25-18(15-22)12-17-6-3-2-4-7-17/h2-4,6-7,13-14,18H,5,8-12,15H2,1H3,(H,20,24)/t18-/m1/s1. The van der Waals surface area contributed by atoms with E-state index in [9.17, 15) is 4.79 Å². The predicted molar refractivity (Wildman–Crippen MR) is 96.4 cm³/mol. The summed E-state index contributed by atoms with van der Waals surface area (Å²) in [5, 5.41) is 7.25. The lowest BCUT2D eigenvalue weighted by Crippen LogP contribution is -2.50. The van der Waals surface area contributed by atoms with Crippen molar-refractivity contribution in [2.45, 2.75) is 32.4 Å². The Kier molecular flexibility index (Phi) is 6.06. The second-order valence-electron chi connectivity index (χ2n) is 6.49. The third-order valence-corrected chi connectivity index (χ3v) is 4.33. The normalized spacial score (nSPS) is 17.5. The Balaban J connectivity index is 1.39. The maximum Gasteiger partial charge on any atom is 0.317 e. The van der Waals surface area contributed by atoms with Gasteiger partial charge in [-0.3, -0.25) is 4.68 Å². The third kappa shape index (κ3) is 5.32. The molecule has 1 aliphatic rings. The van der Waals surface area contributed by atoms with E-state index in [0.717, 1.165) is 24.9 Å². The SMILES string of the molecule is Cc1cnn(CCCNC(=O)N2CCO[C@H](Cc3ccccc3)C2)c1. The van der Waals surface area contributed by atoms with Crippen molar-refractivity contribution < 1.29 is 9.53 Å². The number of hydrogen-bond acceptors (Lipinski definition) is 3. The monoisotopic (exact) mass is 342 g/mol. The molecule has 6 nitrogen and oxygen atoms in total. The van der Waals surface area contributed by atoms with E-state index >= 15 is 0 Å². The minimum atomic E-state index is -0.00184. The molecule has 6 heteroatoms. The zero-order chi connectivity index (χ0) is 17.5. The fourth-order valence-electron chi connectivity index (χ4n) is 3.04. The number of nitrogens with zero attached hydrogens (tertiary/aromatic N) is 3. The van der Waals surface area contributed by atoms with Gasteiger partial charge in [0.2, 0.25) is 0 Å². The van der Waals surface area contributed by atoms with Crippen molar-refractivity contribution in [1.82, 2.24) is 20.0 Å². The van der Waals surface area contributed by atoms with E-state index in [1.807, 2.05) is 47.1 Å². The van der Waals surface area contributed by atoms with Crippen molar-refractivity contribution in [1.29, 1.82) is 0 Å². The van der Waals surface area contributed by atoms with Crippen LogP contribution in [-0.2, 0) is 17.7 Å². The van der Waals surface area contributed by atoms with Crippen molar-refractivity contribution in [3.05, 3.63) is 53.9 Å². The van der Waals surface area contributed by atoms with Crippen LogP contribution in [0.3, 0.4) is 0 Å². The molecule has 2 heterocycles. The quantitative estimate of drug-likeness (QED) is 0.819. The summed E-state index contributed by atoms with van der Waals surface area (Å²) in [7, 11) is 0. The van der Waals surface area contributed by atoms with E-state index in [2.05, 4.69) is 22.5 Å². The molecule has 0 radical (unpaired) electrons. The van der Waals surface area contributed by atoms with E-state index in [-0.39, 0.29) is 12.1 Å². The molecule has 1 aromatic carbocycles. The van der Waals surface area contributed by atoms with Gasteiger partial charge in [-0.05, 0) is 24.5 Å². The number of carbonyl (C=O) groups excluding carboxylic acids is 1. The topological polar surface area (TPSA) is 59.4 Å². The van der Waals surface area contributed by atoms with Gasteiger partial charge in [0, 0.05) is 38.8 Å². The number of urea groups is 1. The largest absolute Gasteiger partial charge is 0.374 e. The minimum Gasteiger partial charge on any atom is -0.374 e. The van der Waals surface area contributed by atoms with Gasteiger partial charge in [0.15, 0.2) is 0 Å². The van der Waals surface area contributed by atoms with Crippen molar-refractivity contribution in [3.8, 4) is 0 Å². The number of aromatic nitrogens is 2. The molecule has 2 amide bonds.